The smallest absolute Gasteiger partial charge is 0.0982 e. The van der Waals surface area contributed by atoms with Crippen LogP contribution in [0, 0.1) is 5.92 Å². The number of hydrogen-bond acceptors (Lipinski definition) is 1. The van der Waals surface area contributed by atoms with Gasteiger partial charge in [-0.25, -0.2) is 0 Å². The van der Waals surface area contributed by atoms with Crippen LogP contribution in [0.25, 0.3) is 0 Å². The molecule has 0 N–H and O–H groups in total. The van der Waals surface area contributed by atoms with E-state index in [4.69, 9.17) is 4.74 Å². The summed E-state index contributed by atoms with van der Waals surface area (Å²) in [4.78, 5) is 0. The summed E-state index contributed by atoms with van der Waals surface area (Å²) in [6.45, 7) is 6.73. The number of hydrogen-bond donors (Lipinski definition) is 0. The summed E-state index contributed by atoms with van der Waals surface area (Å²) in [5.74, 6) is 0.694. The molecule has 1 heterocycles. The lowest BCUT2D eigenvalue weighted by molar-refractivity contribution is 0.253. The first-order valence-electron chi connectivity index (χ1n) is 3.81. The second kappa shape index (κ2) is 1.20. The predicted molar refractivity (Wildman–Crippen MR) is 36.3 cm³/mol. The summed E-state index contributed by atoms with van der Waals surface area (Å²) >= 11 is 0. The zero-order valence-corrected chi connectivity index (χ0v) is 6.40. The van der Waals surface area contributed by atoms with E-state index in [2.05, 4.69) is 20.8 Å². The molecule has 0 aromatic heterocycles. The van der Waals surface area contributed by atoms with E-state index in [1.807, 2.05) is 0 Å². The summed E-state index contributed by atoms with van der Waals surface area (Å²) in [6.07, 6.45) is 2.61. The van der Waals surface area contributed by atoms with Gasteiger partial charge in [-0.15, -0.1) is 0 Å². The van der Waals surface area contributed by atoms with Crippen molar-refractivity contribution >= 4 is 0 Å². The summed E-state index contributed by atoms with van der Waals surface area (Å²) in [7, 11) is 0. The van der Waals surface area contributed by atoms with Gasteiger partial charge in [0, 0.05) is 0 Å². The van der Waals surface area contributed by atoms with Crippen LogP contribution in [-0.4, -0.2) is 11.2 Å². The van der Waals surface area contributed by atoms with E-state index in [1.165, 1.54) is 12.8 Å². The molecule has 2 rings (SSSR count). The second-order valence-electron chi connectivity index (χ2n) is 3.86. The van der Waals surface area contributed by atoms with E-state index in [0.717, 1.165) is 0 Å². The molecule has 1 unspecified atom stereocenters. The van der Waals surface area contributed by atoms with Gasteiger partial charge in [0.1, 0.15) is 0 Å². The van der Waals surface area contributed by atoms with E-state index in [0.29, 0.717) is 11.5 Å². The SMILES string of the molecule is CC(C)C1(C)OC12CC2. The van der Waals surface area contributed by atoms with E-state index >= 15 is 0 Å². The molecule has 0 aromatic carbocycles. The van der Waals surface area contributed by atoms with Crippen molar-refractivity contribution in [1.29, 1.82) is 0 Å². The lowest BCUT2D eigenvalue weighted by atomic mass is 9.93. The van der Waals surface area contributed by atoms with Crippen LogP contribution in [0.5, 0.6) is 0 Å². The Morgan fingerprint density at radius 2 is 1.89 bits per heavy atom. The molecule has 1 atom stereocenters. The molecule has 1 nitrogen and oxygen atoms in total. The first kappa shape index (κ1) is 5.72. The van der Waals surface area contributed by atoms with Gasteiger partial charge in [0.15, 0.2) is 0 Å². The number of ether oxygens (including phenoxy) is 1. The Balaban J connectivity index is 2.12. The molecule has 1 spiro atoms. The molecule has 2 fully saturated rings. The highest BCUT2D eigenvalue weighted by Gasteiger charge is 2.75. The van der Waals surface area contributed by atoms with Gasteiger partial charge >= 0.3 is 0 Å². The quantitative estimate of drug-likeness (QED) is 0.489. The van der Waals surface area contributed by atoms with Crippen molar-refractivity contribution in [1.82, 2.24) is 0 Å². The maximum Gasteiger partial charge on any atom is 0.0982 e. The molecule has 1 saturated heterocycles. The molecule has 9 heavy (non-hydrogen) atoms. The molecule has 0 radical (unpaired) electrons. The third-order valence-electron chi connectivity index (χ3n) is 3.08. The fourth-order valence-electron chi connectivity index (χ4n) is 1.74. The van der Waals surface area contributed by atoms with E-state index in [-0.39, 0.29) is 5.60 Å². The van der Waals surface area contributed by atoms with Crippen LogP contribution in [-0.2, 0) is 4.74 Å². The zero-order valence-electron chi connectivity index (χ0n) is 6.40. The van der Waals surface area contributed by atoms with Crippen LogP contribution >= 0.6 is 0 Å². The molecule has 1 aliphatic carbocycles. The molecule has 1 saturated carbocycles. The number of rotatable bonds is 1. The van der Waals surface area contributed by atoms with Crippen LogP contribution in [0.4, 0.5) is 0 Å². The summed E-state index contributed by atoms with van der Waals surface area (Å²) < 4.78 is 5.66. The van der Waals surface area contributed by atoms with Gasteiger partial charge in [-0.05, 0) is 25.7 Å². The summed E-state index contributed by atoms with van der Waals surface area (Å²) in [5.41, 5.74) is 0.633. The van der Waals surface area contributed by atoms with Gasteiger partial charge in [0.2, 0.25) is 0 Å². The third-order valence-corrected chi connectivity index (χ3v) is 3.08. The van der Waals surface area contributed by atoms with Crippen LogP contribution in [0.3, 0.4) is 0 Å². The Bertz CT molecular complexity index is 147. The molecule has 0 bridgehead atoms. The fourth-order valence-corrected chi connectivity index (χ4v) is 1.74. The minimum absolute atomic E-state index is 0.257. The van der Waals surface area contributed by atoms with Gasteiger partial charge in [0.25, 0.3) is 0 Å². The second-order valence-corrected chi connectivity index (χ2v) is 3.86. The Morgan fingerprint density at radius 3 is 2.00 bits per heavy atom. The van der Waals surface area contributed by atoms with Gasteiger partial charge < -0.3 is 4.74 Å². The lowest BCUT2D eigenvalue weighted by Gasteiger charge is -2.08. The molecule has 1 heteroatoms. The molecule has 0 amide bonds. The molecule has 52 valence electrons. The van der Waals surface area contributed by atoms with E-state index < -0.39 is 0 Å². The maximum atomic E-state index is 5.66. The average Bonchev–Trinajstić information content (AvgIpc) is 2.56. The molecule has 1 aliphatic heterocycles. The highest BCUT2D eigenvalue weighted by molar-refractivity contribution is 5.23. The topological polar surface area (TPSA) is 12.5 Å². The van der Waals surface area contributed by atoms with Crippen molar-refractivity contribution in [2.75, 3.05) is 0 Å². The van der Waals surface area contributed by atoms with Crippen LogP contribution < -0.4 is 0 Å². The minimum Gasteiger partial charge on any atom is -0.363 e. The van der Waals surface area contributed by atoms with Crippen molar-refractivity contribution in [2.45, 2.75) is 44.8 Å². The fraction of sp³-hybridized carbons (Fsp3) is 1.00. The van der Waals surface area contributed by atoms with Crippen molar-refractivity contribution < 1.29 is 4.74 Å². The minimum atomic E-state index is 0.257. The van der Waals surface area contributed by atoms with Gasteiger partial charge in [-0.2, -0.15) is 0 Å². The Kier molecular flexibility index (Phi) is 0.760. The number of epoxide rings is 1. The van der Waals surface area contributed by atoms with Crippen LogP contribution in [0.1, 0.15) is 33.6 Å². The van der Waals surface area contributed by atoms with E-state index in [1.54, 1.807) is 0 Å². The van der Waals surface area contributed by atoms with Crippen LogP contribution in [0.15, 0.2) is 0 Å². The van der Waals surface area contributed by atoms with Crippen molar-refractivity contribution in [2.24, 2.45) is 5.92 Å². The Hall–Kier alpha value is -0.0400. The van der Waals surface area contributed by atoms with E-state index in [9.17, 15) is 0 Å². The molecular formula is C8H14O. The van der Waals surface area contributed by atoms with Crippen LogP contribution in [0.2, 0.25) is 0 Å². The maximum absolute atomic E-state index is 5.66. The molecule has 0 aromatic rings. The largest absolute Gasteiger partial charge is 0.363 e. The lowest BCUT2D eigenvalue weighted by Crippen LogP contribution is -2.18. The highest BCUT2D eigenvalue weighted by atomic mass is 16.6. The summed E-state index contributed by atoms with van der Waals surface area (Å²) in [6, 6.07) is 0. The van der Waals surface area contributed by atoms with Gasteiger partial charge in [-0.3, -0.25) is 0 Å². The van der Waals surface area contributed by atoms with Crippen molar-refractivity contribution in [3.05, 3.63) is 0 Å². The Morgan fingerprint density at radius 1 is 1.33 bits per heavy atom. The molecular weight excluding hydrogens is 112 g/mol. The Labute approximate surface area is 56.4 Å². The molecule has 2 aliphatic rings. The zero-order chi connectivity index (χ0) is 6.70. The van der Waals surface area contributed by atoms with Crippen molar-refractivity contribution in [3.63, 3.8) is 0 Å². The first-order chi connectivity index (χ1) is 4.11. The standard InChI is InChI=1S/C8H14O/c1-6(2)7(3)8(9-7)4-5-8/h6H,4-5H2,1-3H3. The third kappa shape index (κ3) is 0.493. The normalized spacial score (nSPS) is 44.0. The van der Waals surface area contributed by atoms with Crippen molar-refractivity contribution in [3.8, 4) is 0 Å². The monoisotopic (exact) mass is 126 g/mol. The first-order valence-corrected chi connectivity index (χ1v) is 3.81. The average molecular weight is 126 g/mol. The summed E-state index contributed by atoms with van der Waals surface area (Å²) in [5, 5.41) is 0. The highest BCUT2D eigenvalue weighted by Crippen LogP contribution is 2.67. The predicted octanol–water partition coefficient (Wildman–Crippen LogP) is 1.96. The van der Waals surface area contributed by atoms with Gasteiger partial charge in [-0.1, -0.05) is 13.8 Å². The van der Waals surface area contributed by atoms with Gasteiger partial charge in [0.05, 0.1) is 11.2 Å².